The standard InChI is InChI=1S/C23H26F2N4O4/c1-13-9-16(10-27-22(13)33-12-19(24)25)14(2)29-11-18-17(23(29)31)3-6-26-20(18)28-21(30)15-4-7-32-8-5-15/h3,6,9-10,14-15,19H,4-5,7-8,11-12H2,1-2H3,(H,26,28,30). The third-order valence-corrected chi connectivity index (χ3v) is 6.06. The topological polar surface area (TPSA) is 93.7 Å². The van der Waals surface area contributed by atoms with E-state index in [0.717, 1.165) is 5.56 Å². The molecule has 0 bridgehead atoms. The van der Waals surface area contributed by atoms with Crippen LogP contribution in [0.4, 0.5) is 14.6 Å². The van der Waals surface area contributed by atoms with Gasteiger partial charge in [0.15, 0.2) is 6.61 Å². The smallest absolute Gasteiger partial charge is 0.272 e. The van der Waals surface area contributed by atoms with E-state index in [1.54, 1.807) is 24.0 Å². The number of anilines is 1. The quantitative estimate of drug-likeness (QED) is 0.680. The molecule has 0 radical (unpaired) electrons. The minimum Gasteiger partial charge on any atom is -0.471 e. The van der Waals surface area contributed by atoms with Crippen molar-refractivity contribution < 1.29 is 27.8 Å². The molecule has 1 fully saturated rings. The molecule has 2 aromatic rings. The summed E-state index contributed by atoms with van der Waals surface area (Å²) in [5.41, 5.74) is 2.53. The van der Waals surface area contributed by atoms with Crippen molar-refractivity contribution in [3.63, 3.8) is 0 Å². The summed E-state index contributed by atoms with van der Waals surface area (Å²) in [6, 6.07) is 3.10. The number of aromatic nitrogens is 2. The normalized spacial score (nSPS) is 17.2. The van der Waals surface area contributed by atoms with Crippen molar-refractivity contribution in [3.05, 3.63) is 46.8 Å². The van der Waals surface area contributed by atoms with Gasteiger partial charge in [-0.3, -0.25) is 9.59 Å². The first-order chi connectivity index (χ1) is 15.8. The van der Waals surface area contributed by atoms with Crippen molar-refractivity contribution in [3.8, 4) is 5.88 Å². The molecule has 10 heteroatoms. The Bertz CT molecular complexity index is 1040. The summed E-state index contributed by atoms with van der Waals surface area (Å²) in [7, 11) is 0. The third kappa shape index (κ3) is 4.95. The fourth-order valence-electron chi connectivity index (χ4n) is 4.13. The van der Waals surface area contributed by atoms with Gasteiger partial charge in [0, 0.05) is 48.2 Å². The molecule has 2 aliphatic heterocycles. The number of nitrogens with zero attached hydrogens (tertiary/aromatic N) is 3. The van der Waals surface area contributed by atoms with E-state index < -0.39 is 13.0 Å². The van der Waals surface area contributed by atoms with Crippen molar-refractivity contribution in [1.29, 1.82) is 0 Å². The van der Waals surface area contributed by atoms with Crippen LogP contribution >= 0.6 is 0 Å². The van der Waals surface area contributed by atoms with Gasteiger partial charge in [0.2, 0.25) is 11.8 Å². The number of hydrogen-bond acceptors (Lipinski definition) is 6. The maximum atomic E-state index is 13.1. The predicted molar refractivity (Wildman–Crippen MR) is 115 cm³/mol. The number of aryl methyl sites for hydroxylation is 1. The Morgan fingerprint density at radius 1 is 1.33 bits per heavy atom. The Labute approximate surface area is 190 Å². The van der Waals surface area contributed by atoms with Gasteiger partial charge in [-0.1, -0.05) is 0 Å². The first-order valence-corrected chi connectivity index (χ1v) is 10.9. The molecule has 0 aromatic carbocycles. The zero-order valence-electron chi connectivity index (χ0n) is 18.5. The van der Waals surface area contributed by atoms with Gasteiger partial charge < -0.3 is 19.7 Å². The van der Waals surface area contributed by atoms with Crippen LogP contribution in [0, 0.1) is 12.8 Å². The number of rotatable bonds is 7. The van der Waals surface area contributed by atoms with Crippen LogP contribution in [-0.2, 0) is 16.1 Å². The first kappa shape index (κ1) is 23.0. The van der Waals surface area contributed by atoms with E-state index in [4.69, 9.17) is 9.47 Å². The van der Waals surface area contributed by atoms with Crippen LogP contribution in [0.2, 0.25) is 0 Å². The van der Waals surface area contributed by atoms with Gasteiger partial charge >= 0.3 is 0 Å². The van der Waals surface area contributed by atoms with Crippen LogP contribution in [-0.4, -0.2) is 52.9 Å². The second kappa shape index (κ2) is 9.78. The first-order valence-electron chi connectivity index (χ1n) is 10.9. The van der Waals surface area contributed by atoms with Crippen LogP contribution in [0.15, 0.2) is 24.5 Å². The number of carbonyl (C=O) groups excluding carboxylic acids is 2. The Morgan fingerprint density at radius 3 is 2.79 bits per heavy atom. The lowest BCUT2D eigenvalue weighted by atomic mass is 9.99. The fourth-order valence-corrected chi connectivity index (χ4v) is 4.13. The molecule has 33 heavy (non-hydrogen) atoms. The van der Waals surface area contributed by atoms with Gasteiger partial charge in [-0.05, 0) is 44.4 Å². The lowest BCUT2D eigenvalue weighted by molar-refractivity contribution is -0.122. The average molecular weight is 460 g/mol. The van der Waals surface area contributed by atoms with Crippen LogP contribution in [0.3, 0.4) is 0 Å². The minimum atomic E-state index is -2.58. The average Bonchev–Trinajstić information content (AvgIpc) is 3.15. The third-order valence-electron chi connectivity index (χ3n) is 6.06. The number of amides is 2. The Morgan fingerprint density at radius 2 is 2.09 bits per heavy atom. The van der Waals surface area contributed by atoms with Crippen molar-refractivity contribution in [2.75, 3.05) is 25.1 Å². The van der Waals surface area contributed by atoms with Crippen LogP contribution < -0.4 is 10.1 Å². The van der Waals surface area contributed by atoms with Crippen molar-refractivity contribution in [1.82, 2.24) is 14.9 Å². The molecule has 0 spiro atoms. The Kier molecular flexibility index (Phi) is 6.83. The lowest BCUT2D eigenvalue weighted by Gasteiger charge is -2.25. The molecular formula is C23H26F2N4O4. The molecule has 1 unspecified atom stereocenters. The highest BCUT2D eigenvalue weighted by Gasteiger charge is 2.34. The van der Waals surface area contributed by atoms with Crippen molar-refractivity contribution in [2.45, 2.75) is 45.7 Å². The predicted octanol–water partition coefficient (Wildman–Crippen LogP) is 3.51. The molecule has 2 amide bonds. The van der Waals surface area contributed by atoms with E-state index >= 15 is 0 Å². The number of carbonyl (C=O) groups is 2. The van der Waals surface area contributed by atoms with Gasteiger partial charge in [0.25, 0.3) is 12.3 Å². The molecule has 0 aliphatic carbocycles. The summed E-state index contributed by atoms with van der Waals surface area (Å²) in [6.45, 7) is 4.27. The molecule has 1 saturated heterocycles. The summed E-state index contributed by atoms with van der Waals surface area (Å²) in [4.78, 5) is 35.9. The van der Waals surface area contributed by atoms with E-state index in [9.17, 15) is 18.4 Å². The fraction of sp³-hybridized carbons (Fsp3) is 0.478. The molecule has 176 valence electrons. The second-order valence-electron chi connectivity index (χ2n) is 8.26. The Balaban J connectivity index is 1.49. The van der Waals surface area contributed by atoms with E-state index in [-0.39, 0.29) is 36.2 Å². The summed E-state index contributed by atoms with van der Waals surface area (Å²) >= 11 is 0. The molecule has 2 aliphatic rings. The summed E-state index contributed by atoms with van der Waals surface area (Å²) in [5, 5.41) is 2.90. The van der Waals surface area contributed by atoms with Crippen molar-refractivity contribution in [2.24, 2.45) is 5.92 Å². The highest BCUT2D eigenvalue weighted by atomic mass is 19.3. The number of pyridine rings is 2. The van der Waals surface area contributed by atoms with Crippen LogP contribution in [0.1, 0.15) is 52.9 Å². The largest absolute Gasteiger partial charge is 0.471 e. The molecule has 4 rings (SSSR count). The van der Waals surface area contributed by atoms with E-state index in [2.05, 4.69) is 15.3 Å². The zero-order chi connectivity index (χ0) is 23.5. The molecular weight excluding hydrogens is 434 g/mol. The zero-order valence-corrected chi connectivity index (χ0v) is 18.5. The van der Waals surface area contributed by atoms with Gasteiger partial charge in [-0.15, -0.1) is 0 Å². The van der Waals surface area contributed by atoms with Crippen LogP contribution in [0.5, 0.6) is 5.88 Å². The highest BCUT2D eigenvalue weighted by molar-refractivity contribution is 6.01. The maximum Gasteiger partial charge on any atom is 0.272 e. The Hall–Kier alpha value is -3.14. The highest BCUT2D eigenvalue weighted by Crippen LogP contribution is 2.35. The van der Waals surface area contributed by atoms with Gasteiger partial charge in [-0.2, -0.15) is 0 Å². The molecule has 1 atom stereocenters. The summed E-state index contributed by atoms with van der Waals surface area (Å²) in [6.07, 6.45) is 1.78. The summed E-state index contributed by atoms with van der Waals surface area (Å²) in [5.74, 6) is 0.125. The van der Waals surface area contributed by atoms with E-state index in [1.165, 1.54) is 12.4 Å². The molecule has 4 heterocycles. The van der Waals surface area contributed by atoms with E-state index in [1.807, 2.05) is 6.92 Å². The van der Waals surface area contributed by atoms with Gasteiger partial charge in [0.05, 0.1) is 12.6 Å². The number of nitrogens with one attached hydrogen (secondary N) is 1. The number of hydrogen-bond donors (Lipinski definition) is 1. The lowest BCUT2D eigenvalue weighted by Crippen LogP contribution is -2.29. The number of ether oxygens (including phenoxy) is 2. The number of alkyl halides is 2. The molecule has 8 nitrogen and oxygen atoms in total. The van der Waals surface area contributed by atoms with Gasteiger partial charge in [-0.25, -0.2) is 18.7 Å². The van der Waals surface area contributed by atoms with Crippen LogP contribution in [0.25, 0.3) is 0 Å². The number of fused-ring (bicyclic) bond motifs is 1. The molecule has 0 saturated carbocycles. The molecule has 2 aromatic heterocycles. The van der Waals surface area contributed by atoms with Gasteiger partial charge in [0.1, 0.15) is 5.82 Å². The number of halogens is 2. The maximum absolute atomic E-state index is 13.1. The second-order valence-corrected chi connectivity index (χ2v) is 8.26. The van der Waals surface area contributed by atoms with E-state index in [0.29, 0.717) is 48.6 Å². The van der Waals surface area contributed by atoms with Crippen molar-refractivity contribution >= 4 is 17.6 Å². The summed E-state index contributed by atoms with van der Waals surface area (Å²) < 4.78 is 35.2. The minimum absolute atomic E-state index is 0.114. The SMILES string of the molecule is Cc1cc(C(C)N2Cc3c(ccnc3NC(=O)C3CCOCC3)C2=O)cnc1OCC(F)F. The monoisotopic (exact) mass is 460 g/mol. The molecule has 1 N–H and O–H groups in total.